The molecule has 0 bridgehead atoms. The van der Waals surface area contributed by atoms with E-state index in [1.165, 1.54) is 19.2 Å². The first-order valence-corrected chi connectivity index (χ1v) is 9.88. The monoisotopic (exact) mass is 395 g/mol. The van der Waals surface area contributed by atoms with Gasteiger partial charge in [0.15, 0.2) is 0 Å². The lowest BCUT2D eigenvalue weighted by Gasteiger charge is -2.18. The summed E-state index contributed by atoms with van der Waals surface area (Å²) in [6.45, 7) is 0. The molecule has 0 radical (unpaired) electrons. The minimum atomic E-state index is -3.45. The summed E-state index contributed by atoms with van der Waals surface area (Å²) in [6, 6.07) is 11.8. The third-order valence-electron chi connectivity index (χ3n) is 3.86. The number of nitrogens with zero attached hydrogens (tertiary/aromatic N) is 1. The van der Waals surface area contributed by atoms with E-state index in [1.54, 1.807) is 24.3 Å². The van der Waals surface area contributed by atoms with Gasteiger partial charge in [0.25, 0.3) is 0 Å². The Morgan fingerprint density at radius 3 is 2.35 bits per heavy atom. The molecule has 0 fully saturated rings. The Bertz CT molecular complexity index is 881. The van der Waals surface area contributed by atoms with Gasteiger partial charge in [-0.3, -0.25) is 4.79 Å². The zero-order chi connectivity index (χ0) is 19.3. The highest BCUT2D eigenvalue weighted by Crippen LogP contribution is 2.28. The van der Waals surface area contributed by atoms with Gasteiger partial charge in [-0.05, 0) is 49.4 Å². The topological polar surface area (TPSA) is 78.5 Å². The minimum absolute atomic E-state index is 0.137. The van der Waals surface area contributed by atoms with Crippen LogP contribution < -0.4 is 14.9 Å². The SMILES string of the molecule is CNS(=O)(=O)c1ccc(CCC(=O)Nc2cc(Cl)ccc2N(C)C)cc1. The summed E-state index contributed by atoms with van der Waals surface area (Å²) in [4.78, 5) is 14.4. The maximum Gasteiger partial charge on any atom is 0.240 e. The van der Waals surface area contributed by atoms with Crippen molar-refractivity contribution in [3.63, 3.8) is 0 Å². The van der Waals surface area contributed by atoms with E-state index in [0.717, 1.165) is 11.3 Å². The molecule has 2 aromatic rings. The van der Waals surface area contributed by atoms with Crippen LogP contribution >= 0.6 is 11.6 Å². The van der Waals surface area contributed by atoms with E-state index in [1.807, 2.05) is 25.1 Å². The minimum Gasteiger partial charge on any atom is -0.376 e. The highest BCUT2D eigenvalue weighted by Gasteiger charge is 2.12. The van der Waals surface area contributed by atoms with Crippen LogP contribution in [-0.4, -0.2) is 35.5 Å². The Kier molecular flexibility index (Phi) is 6.63. The number of carbonyl (C=O) groups excluding carboxylic acids is 1. The maximum absolute atomic E-state index is 12.3. The van der Waals surface area contributed by atoms with Crippen molar-refractivity contribution in [1.82, 2.24) is 4.72 Å². The van der Waals surface area contributed by atoms with E-state index < -0.39 is 10.0 Å². The number of anilines is 2. The average molecular weight is 396 g/mol. The molecule has 140 valence electrons. The molecule has 8 heteroatoms. The summed E-state index contributed by atoms with van der Waals surface area (Å²) in [6.07, 6.45) is 0.779. The van der Waals surface area contributed by atoms with Gasteiger partial charge < -0.3 is 10.2 Å². The van der Waals surface area contributed by atoms with Gasteiger partial charge in [-0.1, -0.05) is 23.7 Å². The zero-order valence-corrected chi connectivity index (χ0v) is 16.5. The summed E-state index contributed by atoms with van der Waals surface area (Å²) < 4.78 is 25.7. The number of halogens is 1. The number of benzene rings is 2. The molecule has 6 nitrogen and oxygen atoms in total. The average Bonchev–Trinajstić information content (AvgIpc) is 2.60. The van der Waals surface area contributed by atoms with Gasteiger partial charge in [-0.15, -0.1) is 0 Å². The fourth-order valence-electron chi connectivity index (χ4n) is 2.42. The van der Waals surface area contributed by atoms with Gasteiger partial charge in [0.05, 0.1) is 16.3 Å². The van der Waals surface area contributed by atoms with Crippen LogP contribution in [0.3, 0.4) is 0 Å². The van der Waals surface area contributed by atoms with Gasteiger partial charge in [0, 0.05) is 25.5 Å². The quantitative estimate of drug-likeness (QED) is 0.755. The third kappa shape index (κ3) is 5.20. The third-order valence-corrected chi connectivity index (χ3v) is 5.52. The molecule has 2 rings (SSSR count). The van der Waals surface area contributed by atoms with Crippen molar-refractivity contribution >= 4 is 38.9 Å². The fourth-order valence-corrected chi connectivity index (χ4v) is 3.32. The molecule has 0 aliphatic carbocycles. The first kappa shape index (κ1) is 20.2. The lowest BCUT2D eigenvalue weighted by atomic mass is 10.1. The van der Waals surface area contributed by atoms with Crippen LogP contribution in [0.15, 0.2) is 47.4 Å². The van der Waals surface area contributed by atoms with E-state index in [-0.39, 0.29) is 17.2 Å². The molecule has 0 saturated carbocycles. The number of aryl methyl sites for hydroxylation is 1. The molecule has 2 aromatic carbocycles. The van der Waals surface area contributed by atoms with E-state index in [9.17, 15) is 13.2 Å². The molecule has 0 heterocycles. The van der Waals surface area contributed by atoms with Crippen LogP contribution in [-0.2, 0) is 21.2 Å². The number of amides is 1. The van der Waals surface area contributed by atoms with Crippen molar-refractivity contribution in [2.45, 2.75) is 17.7 Å². The van der Waals surface area contributed by atoms with Crippen LogP contribution in [0.25, 0.3) is 0 Å². The van der Waals surface area contributed by atoms with Gasteiger partial charge in [-0.25, -0.2) is 13.1 Å². The summed E-state index contributed by atoms with van der Waals surface area (Å²) in [5, 5.41) is 3.43. The Hall–Kier alpha value is -2.09. The molecule has 0 aliphatic rings. The summed E-state index contributed by atoms with van der Waals surface area (Å²) in [5.41, 5.74) is 2.40. The smallest absolute Gasteiger partial charge is 0.240 e. The summed E-state index contributed by atoms with van der Waals surface area (Å²) >= 11 is 6.02. The number of rotatable bonds is 7. The van der Waals surface area contributed by atoms with Crippen molar-refractivity contribution in [3.8, 4) is 0 Å². The highest BCUT2D eigenvalue weighted by atomic mass is 35.5. The molecular formula is C18H22ClN3O3S. The van der Waals surface area contributed by atoms with Crippen molar-refractivity contribution in [2.24, 2.45) is 0 Å². The van der Waals surface area contributed by atoms with Crippen LogP contribution in [0.5, 0.6) is 0 Å². The molecule has 0 aromatic heterocycles. The largest absolute Gasteiger partial charge is 0.376 e. The Morgan fingerprint density at radius 1 is 1.12 bits per heavy atom. The second-order valence-electron chi connectivity index (χ2n) is 5.96. The van der Waals surface area contributed by atoms with E-state index in [0.29, 0.717) is 17.1 Å². The standard InChI is InChI=1S/C18H22ClN3O3S/c1-20-26(24,25)15-8-4-13(5-9-15)6-11-18(23)21-16-12-14(19)7-10-17(16)22(2)3/h4-5,7-10,12,20H,6,11H2,1-3H3,(H,21,23). The molecule has 2 N–H and O–H groups in total. The van der Waals surface area contributed by atoms with E-state index >= 15 is 0 Å². The van der Waals surface area contributed by atoms with Crippen molar-refractivity contribution in [1.29, 1.82) is 0 Å². The molecular weight excluding hydrogens is 374 g/mol. The number of carbonyl (C=O) groups is 1. The van der Waals surface area contributed by atoms with Crippen molar-refractivity contribution in [3.05, 3.63) is 53.1 Å². The predicted octanol–water partition coefficient (Wildman–Crippen LogP) is 2.89. The van der Waals surface area contributed by atoms with Crippen molar-refractivity contribution in [2.75, 3.05) is 31.4 Å². The number of nitrogens with one attached hydrogen (secondary N) is 2. The lowest BCUT2D eigenvalue weighted by molar-refractivity contribution is -0.116. The second kappa shape index (κ2) is 8.53. The number of sulfonamides is 1. The molecule has 0 unspecified atom stereocenters. The Balaban J connectivity index is 2.01. The number of hydrogen-bond acceptors (Lipinski definition) is 4. The second-order valence-corrected chi connectivity index (χ2v) is 8.28. The van der Waals surface area contributed by atoms with Crippen LogP contribution in [0.2, 0.25) is 5.02 Å². The Morgan fingerprint density at radius 2 is 1.77 bits per heavy atom. The molecule has 0 saturated heterocycles. The van der Waals surface area contributed by atoms with Gasteiger partial charge in [0.1, 0.15) is 0 Å². The van der Waals surface area contributed by atoms with Crippen LogP contribution in [0, 0.1) is 0 Å². The molecule has 1 amide bonds. The molecule has 26 heavy (non-hydrogen) atoms. The first-order chi connectivity index (χ1) is 12.2. The first-order valence-electron chi connectivity index (χ1n) is 8.02. The zero-order valence-electron chi connectivity index (χ0n) is 14.9. The summed E-state index contributed by atoms with van der Waals surface area (Å²) in [5.74, 6) is -0.137. The van der Waals surface area contributed by atoms with Crippen molar-refractivity contribution < 1.29 is 13.2 Å². The number of hydrogen-bond donors (Lipinski definition) is 2. The highest BCUT2D eigenvalue weighted by molar-refractivity contribution is 7.89. The fraction of sp³-hybridized carbons (Fsp3) is 0.278. The van der Waals surface area contributed by atoms with Gasteiger partial charge in [0.2, 0.25) is 15.9 Å². The maximum atomic E-state index is 12.3. The summed E-state index contributed by atoms with van der Waals surface area (Å²) in [7, 11) is 1.69. The van der Waals surface area contributed by atoms with E-state index in [4.69, 9.17) is 11.6 Å². The van der Waals surface area contributed by atoms with E-state index in [2.05, 4.69) is 10.0 Å². The van der Waals surface area contributed by atoms with Crippen LogP contribution in [0.1, 0.15) is 12.0 Å². The normalized spacial score (nSPS) is 11.2. The van der Waals surface area contributed by atoms with Crippen LogP contribution in [0.4, 0.5) is 11.4 Å². The lowest BCUT2D eigenvalue weighted by Crippen LogP contribution is -2.18. The molecule has 0 atom stereocenters. The van der Waals surface area contributed by atoms with Gasteiger partial charge >= 0.3 is 0 Å². The molecule has 0 aliphatic heterocycles. The predicted molar refractivity (Wildman–Crippen MR) is 105 cm³/mol. The molecule has 0 spiro atoms. The van der Waals surface area contributed by atoms with Gasteiger partial charge in [-0.2, -0.15) is 0 Å². The Labute approximate surface area is 159 Å².